The van der Waals surface area contributed by atoms with Crippen LogP contribution in [0.2, 0.25) is 0 Å². The van der Waals surface area contributed by atoms with Crippen molar-refractivity contribution >= 4 is 5.97 Å². The number of carbonyl (C=O) groups is 1. The molecule has 18 heavy (non-hydrogen) atoms. The molecule has 94 valence electrons. The lowest BCUT2D eigenvalue weighted by Crippen LogP contribution is -1.94. The Morgan fingerprint density at radius 3 is 1.61 bits per heavy atom. The van der Waals surface area contributed by atoms with E-state index in [-0.39, 0.29) is 11.3 Å². The number of carboxylic acids is 1. The predicted molar refractivity (Wildman–Crippen MR) is 71.9 cm³/mol. The van der Waals surface area contributed by atoms with E-state index in [4.69, 9.17) is 10.2 Å². The van der Waals surface area contributed by atoms with Crippen molar-refractivity contribution in [2.24, 2.45) is 0 Å². The minimum absolute atomic E-state index is 0.214. The van der Waals surface area contributed by atoms with Crippen molar-refractivity contribution in [3.63, 3.8) is 0 Å². The Kier molecular flexibility index (Phi) is 4.93. The van der Waals surface area contributed by atoms with Crippen molar-refractivity contribution in [1.82, 2.24) is 0 Å². The fourth-order valence-electron chi connectivity index (χ4n) is 1.46. The fraction of sp³-hybridized carbons (Fsp3) is 0.133. The first-order valence-corrected chi connectivity index (χ1v) is 5.79. The average molecular weight is 244 g/mol. The summed E-state index contributed by atoms with van der Waals surface area (Å²) in [6.45, 7) is 4.00. The highest BCUT2D eigenvalue weighted by atomic mass is 16.4. The Labute approximate surface area is 106 Å². The Bertz CT molecular complexity index is 498. The maximum Gasteiger partial charge on any atom is 0.335 e. The summed E-state index contributed by atoms with van der Waals surface area (Å²) < 4.78 is 0. The van der Waals surface area contributed by atoms with Gasteiger partial charge in [-0.2, -0.15) is 0 Å². The SMILES string of the molecule is CC.O=C(O)c1ccc(-c2ccc(O)cc2)cc1. The molecule has 3 nitrogen and oxygen atoms in total. The molecule has 0 fully saturated rings. The number of carboxylic acid groups (broad SMARTS) is 1. The predicted octanol–water partition coefficient (Wildman–Crippen LogP) is 3.78. The van der Waals surface area contributed by atoms with Gasteiger partial charge in [0.05, 0.1) is 5.56 Å². The molecule has 0 atom stereocenters. The summed E-state index contributed by atoms with van der Waals surface area (Å²) in [4.78, 5) is 10.7. The first-order chi connectivity index (χ1) is 8.66. The Morgan fingerprint density at radius 2 is 1.22 bits per heavy atom. The van der Waals surface area contributed by atoms with Crippen LogP contribution in [0.5, 0.6) is 5.75 Å². The number of hydrogen-bond donors (Lipinski definition) is 2. The van der Waals surface area contributed by atoms with Crippen LogP contribution < -0.4 is 0 Å². The topological polar surface area (TPSA) is 57.5 Å². The third-order valence-corrected chi connectivity index (χ3v) is 2.33. The summed E-state index contributed by atoms with van der Waals surface area (Å²) >= 11 is 0. The molecule has 0 amide bonds. The number of aromatic carboxylic acids is 1. The fourth-order valence-corrected chi connectivity index (χ4v) is 1.46. The van der Waals surface area contributed by atoms with Crippen LogP contribution >= 0.6 is 0 Å². The second kappa shape index (κ2) is 6.45. The van der Waals surface area contributed by atoms with Crippen LogP contribution in [-0.2, 0) is 0 Å². The van der Waals surface area contributed by atoms with Crippen LogP contribution in [0.1, 0.15) is 24.2 Å². The molecule has 2 N–H and O–H groups in total. The zero-order valence-electron chi connectivity index (χ0n) is 10.4. The van der Waals surface area contributed by atoms with Crippen molar-refractivity contribution in [3.05, 3.63) is 54.1 Å². The molecule has 2 rings (SSSR count). The van der Waals surface area contributed by atoms with E-state index in [1.54, 1.807) is 48.5 Å². The maximum absolute atomic E-state index is 10.7. The third-order valence-electron chi connectivity index (χ3n) is 2.33. The van der Waals surface area contributed by atoms with E-state index in [0.29, 0.717) is 0 Å². The quantitative estimate of drug-likeness (QED) is 0.845. The largest absolute Gasteiger partial charge is 0.508 e. The Hall–Kier alpha value is -2.29. The average Bonchev–Trinajstić information content (AvgIpc) is 2.42. The van der Waals surface area contributed by atoms with Crippen LogP contribution in [0, 0.1) is 0 Å². The molecular formula is C15H16O3. The van der Waals surface area contributed by atoms with Gasteiger partial charge in [-0.25, -0.2) is 4.79 Å². The molecule has 0 aliphatic heterocycles. The number of phenols is 1. The number of phenolic OH excluding ortho intramolecular Hbond substituents is 1. The highest BCUT2D eigenvalue weighted by molar-refractivity contribution is 5.88. The van der Waals surface area contributed by atoms with Crippen molar-refractivity contribution < 1.29 is 15.0 Å². The van der Waals surface area contributed by atoms with Gasteiger partial charge in [-0.05, 0) is 35.4 Å². The van der Waals surface area contributed by atoms with E-state index in [0.717, 1.165) is 11.1 Å². The summed E-state index contributed by atoms with van der Waals surface area (Å²) in [6, 6.07) is 13.4. The van der Waals surface area contributed by atoms with Gasteiger partial charge in [0.25, 0.3) is 0 Å². The molecule has 0 unspecified atom stereocenters. The first kappa shape index (κ1) is 13.8. The highest BCUT2D eigenvalue weighted by Crippen LogP contribution is 2.22. The van der Waals surface area contributed by atoms with E-state index in [1.165, 1.54) is 0 Å². The molecule has 0 radical (unpaired) electrons. The normalized spacial score (nSPS) is 9.22. The van der Waals surface area contributed by atoms with Crippen LogP contribution in [0.15, 0.2) is 48.5 Å². The minimum Gasteiger partial charge on any atom is -0.508 e. The van der Waals surface area contributed by atoms with Gasteiger partial charge in [0.2, 0.25) is 0 Å². The lowest BCUT2D eigenvalue weighted by molar-refractivity contribution is 0.0697. The second-order valence-electron chi connectivity index (χ2n) is 3.43. The molecular weight excluding hydrogens is 228 g/mol. The molecule has 0 aliphatic rings. The molecule has 0 aliphatic carbocycles. The molecule has 0 spiro atoms. The van der Waals surface area contributed by atoms with Crippen molar-refractivity contribution in [3.8, 4) is 16.9 Å². The third kappa shape index (κ3) is 3.35. The second-order valence-corrected chi connectivity index (χ2v) is 3.43. The molecule has 0 saturated carbocycles. The summed E-state index contributed by atoms with van der Waals surface area (Å²) in [5.74, 6) is -0.719. The van der Waals surface area contributed by atoms with Gasteiger partial charge in [-0.3, -0.25) is 0 Å². The van der Waals surface area contributed by atoms with Gasteiger partial charge in [-0.15, -0.1) is 0 Å². The molecule has 0 saturated heterocycles. The molecule has 2 aromatic rings. The first-order valence-electron chi connectivity index (χ1n) is 5.79. The van der Waals surface area contributed by atoms with E-state index in [2.05, 4.69) is 0 Å². The highest BCUT2D eigenvalue weighted by Gasteiger charge is 2.02. The van der Waals surface area contributed by atoms with Crippen molar-refractivity contribution in [2.75, 3.05) is 0 Å². The maximum atomic E-state index is 10.7. The zero-order chi connectivity index (χ0) is 13.5. The molecule has 0 bridgehead atoms. The number of rotatable bonds is 2. The number of hydrogen-bond acceptors (Lipinski definition) is 2. The van der Waals surface area contributed by atoms with Crippen molar-refractivity contribution in [2.45, 2.75) is 13.8 Å². The van der Waals surface area contributed by atoms with E-state index >= 15 is 0 Å². The standard InChI is InChI=1S/C13H10O3.C2H6/c14-12-7-5-10(6-8-12)9-1-3-11(4-2-9)13(15)16;1-2/h1-8,14H,(H,15,16);1-2H3. The summed E-state index contributed by atoms with van der Waals surface area (Å²) in [6.07, 6.45) is 0. The van der Waals surface area contributed by atoms with Crippen LogP contribution in [0.4, 0.5) is 0 Å². The lowest BCUT2D eigenvalue weighted by Gasteiger charge is -2.02. The Balaban J connectivity index is 0.000000771. The molecule has 0 aromatic heterocycles. The van der Waals surface area contributed by atoms with Crippen molar-refractivity contribution in [1.29, 1.82) is 0 Å². The zero-order valence-corrected chi connectivity index (χ0v) is 10.4. The van der Waals surface area contributed by atoms with Gasteiger partial charge in [0, 0.05) is 0 Å². The minimum atomic E-state index is -0.933. The van der Waals surface area contributed by atoms with Gasteiger partial charge in [0.1, 0.15) is 5.75 Å². The van der Waals surface area contributed by atoms with Gasteiger partial charge in [0.15, 0.2) is 0 Å². The van der Waals surface area contributed by atoms with Gasteiger partial charge in [-0.1, -0.05) is 38.1 Å². The molecule has 2 aromatic carbocycles. The van der Waals surface area contributed by atoms with E-state index < -0.39 is 5.97 Å². The number of aromatic hydroxyl groups is 1. The monoisotopic (exact) mass is 244 g/mol. The smallest absolute Gasteiger partial charge is 0.335 e. The molecule has 3 heteroatoms. The number of benzene rings is 2. The summed E-state index contributed by atoms with van der Waals surface area (Å²) in [5.41, 5.74) is 2.13. The van der Waals surface area contributed by atoms with Gasteiger partial charge < -0.3 is 10.2 Å². The van der Waals surface area contributed by atoms with E-state index in [1.807, 2.05) is 13.8 Å². The van der Waals surface area contributed by atoms with Crippen LogP contribution in [0.25, 0.3) is 11.1 Å². The molecule has 0 heterocycles. The van der Waals surface area contributed by atoms with Crippen LogP contribution in [-0.4, -0.2) is 16.2 Å². The lowest BCUT2D eigenvalue weighted by atomic mass is 10.0. The van der Waals surface area contributed by atoms with E-state index in [9.17, 15) is 4.79 Å². The Morgan fingerprint density at radius 1 is 0.833 bits per heavy atom. The summed E-state index contributed by atoms with van der Waals surface area (Å²) in [5, 5.41) is 17.9. The van der Waals surface area contributed by atoms with Gasteiger partial charge >= 0.3 is 5.97 Å². The summed E-state index contributed by atoms with van der Waals surface area (Å²) in [7, 11) is 0. The van der Waals surface area contributed by atoms with Crippen LogP contribution in [0.3, 0.4) is 0 Å².